The molecule has 0 heterocycles. The Balaban J connectivity index is 1.15. The van der Waals surface area contributed by atoms with Crippen LogP contribution in [0.1, 0.15) is 108 Å². The highest BCUT2D eigenvalue weighted by Crippen LogP contribution is 2.43. The van der Waals surface area contributed by atoms with Gasteiger partial charge in [0.1, 0.15) is 0 Å². The minimum Gasteiger partial charge on any atom is -0.491 e. The first-order valence-corrected chi connectivity index (χ1v) is 15.1. The molecule has 1 aromatic rings. The second kappa shape index (κ2) is 14.5. The highest BCUT2D eigenvalue weighted by atomic mass is 19.2. The summed E-state index contributed by atoms with van der Waals surface area (Å²) in [6, 6.07) is 3.28. The molecule has 2 saturated carbocycles. The Morgan fingerprint density at radius 3 is 2.19 bits per heavy atom. The van der Waals surface area contributed by atoms with Gasteiger partial charge < -0.3 is 9.47 Å². The van der Waals surface area contributed by atoms with Gasteiger partial charge in [-0.1, -0.05) is 50.0 Å². The summed E-state index contributed by atoms with van der Waals surface area (Å²) in [4.78, 5) is 0. The van der Waals surface area contributed by atoms with Gasteiger partial charge in [0.05, 0.1) is 12.7 Å². The summed E-state index contributed by atoms with van der Waals surface area (Å²) in [5.74, 6) is 1.51. The molecule has 0 saturated heterocycles. The summed E-state index contributed by atoms with van der Waals surface area (Å²) in [5.41, 5.74) is 0.465. The molecule has 3 aliphatic rings. The van der Waals surface area contributed by atoms with Crippen LogP contribution < -0.4 is 4.74 Å². The summed E-state index contributed by atoms with van der Waals surface area (Å²) in [5, 5.41) is 0. The van der Waals surface area contributed by atoms with Crippen LogP contribution in [0.5, 0.6) is 5.75 Å². The number of rotatable bonds is 12. The van der Waals surface area contributed by atoms with Gasteiger partial charge in [0.15, 0.2) is 11.6 Å². The largest absolute Gasteiger partial charge is 0.491 e. The number of ether oxygens (including phenoxy) is 2. The summed E-state index contributed by atoms with van der Waals surface area (Å²) in [7, 11) is 0. The fraction of sp³-hybridized carbons (Fsp3) is 0.697. The van der Waals surface area contributed by atoms with E-state index in [1.54, 1.807) is 19.1 Å². The van der Waals surface area contributed by atoms with Crippen LogP contribution >= 0.6 is 0 Å². The second-order valence-corrected chi connectivity index (χ2v) is 11.7. The quantitative estimate of drug-likeness (QED) is 0.204. The lowest BCUT2D eigenvalue weighted by molar-refractivity contribution is 0.0155. The molecule has 2 nitrogen and oxygen atoms in total. The average Bonchev–Trinajstić information content (AvgIpc) is 2.94. The molecular formula is C33H48F2O2. The van der Waals surface area contributed by atoms with Crippen molar-refractivity contribution in [3.63, 3.8) is 0 Å². The molecule has 37 heavy (non-hydrogen) atoms. The molecule has 0 N–H and O–H groups in total. The molecule has 0 radical (unpaired) electrons. The third-order valence-electron chi connectivity index (χ3n) is 9.36. The molecule has 0 aliphatic heterocycles. The van der Waals surface area contributed by atoms with E-state index in [2.05, 4.69) is 18.7 Å². The fourth-order valence-corrected chi connectivity index (χ4v) is 7.03. The van der Waals surface area contributed by atoms with Crippen molar-refractivity contribution in [2.45, 2.75) is 109 Å². The predicted octanol–water partition coefficient (Wildman–Crippen LogP) is 9.54. The molecule has 2 atom stereocenters. The van der Waals surface area contributed by atoms with Gasteiger partial charge in [0, 0.05) is 12.5 Å². The first-order valence-electron chi connectivity index (χ1n) is 15.1. The molecule has 3 aliphatic carbocycles. The summed E-state index contributed by atoms with van der Waals surface area (Å²) >= 11 is 0. The average molecular weight is 515 g/mol. The van der Waals surface area contributed by atoms with Crippen LogP contribution in [0.2, 0.25) is 0 Å². The Kier molecular flexibility index (Phi) is 11.1. The molecular weight excluding hydrogens is 466 g/mol. The highest BCUT2D eigenvalue weighted by molar-refractivity contribution is 5.35. The smallest absolute Gasteiger partial charge is 0.200 e. The van der Waals surface area contributed by atoms with E-state index in [4.69, 9.17) is 9.47 Å². The van der Waals surface area contributed by atoms with E-state index in [-0.39, 0.29) is 11.7 Å². The normalized spacial score (nSPS) is 30.2. The lowest BCUT2D eigenvalue weighted by atomic mass is 9.70. The van der Waals surface area contributed by atoms with Crippen molar-refractivity contribution in [1.82, 2.24) is 0 Å². The topological polar surface area (TPSA) is 18.5 Å². The Morgan fingerprint density at radius 1 is 0.865 bits per heavy atom. The van der Waals surface area contributed by atoms with Crippen molar-refractivity contribution in [2.24, 2.45) is 23.7 Å². The maximum atomic E-state index is 14.7. The first kappa shape index (κ1) is 28.3. The number of hydrogen-bond donors (Lipinski definition) is 0. The monoisotopic (exact) mass is 514 g/mol. The molecule has 4 rings (SSSR count). The summed E-state index contributed by atoms with van der Waals surface area (Å²) < 4.78 is 40.3. The van der Waals surface area contributed by atoms with E-state index in [1.165, 1.54) is 64.2 Å². The van der Waals surface area contributed by atoms with Gasteiger partial charge in [0.2, 0.25) is 5.82 Å². The molecule has 1 aromatic carbocycles. The zero-order chi connectivity index (χ0) is 26.0. The van der Waals surface area contributed by atoms with Crippen LogP contribution in [0.25, 0.3) is 0 Å². The van der Waals surface area contributed by atoms with Crippen LogP contribution in [-0.4, -0.2) is 19.3 Å². The van der Waals surface area contributed by atoms with Crippen molar-refractivity contribution in [3.8, 4) is 5.75 Å². The molecule has 4 heteroatoms. The molecule has 0 aromatic heterocycles. The van der Waals surface area contributed by atoms with E-state index in [0.717, 1.165) is 50.0 Å². The van der Waals surface area contributed by atoms with Crippen LogP contribution in [-0.2, 0) is 4.74 Å². The Labute approximate surface area is 223 Å². The minimum absolute atomic E-state index is 0.00906. The standard InChI is InChI=1S/C33H48F2O2/c1-3-5-6-23-37-29-19-11-25(12-20-29)8-7-24-9-13-26(14-10-24)27-15-17-28(18-16-27)30-21-22-31(36-4-2)33(35)32(30)34/h3,15,17,21-22,24-29H,1,4-14,16,18-20,23H2,2H3. The molecule has 2 fully saturated rings. The number of benzene rings is 1. The van der Waals surface area contributed by atoms with Crippen molar-refractivity contribution < 1.29 is 18.3 Å². The van der Waals surface area contributed by atoms with Crippen molar-refractivity contribution in [2.75, 3.05) is 13.2 Å². The van der Waals surface area contributed by atoms with Crippen LogP contribution in [0.4, 0.5) is 8.78 Å². The lowest BCUT2D eigenvalue weighted by Crippen LogP contribution is -2.24. The molecule has 0 spiro atoms. The second-order valence-electron chi connectivity index (χ2n) is 11.7. The van der Waals surface area contributed by atoms with Gasteiger partial charge in [0.25, 0.3) is 0 Å². The zero-order valence-electron chi connectivity index (χ0n) is 22.9. The molecule has 0 bridgehead atoms. The van der Waals surface area contributed by atoms with Crippen LogP contribution in [0, 0.1) is 35.3 Å². The van der Waals surface area contributed by atoms with E-state index >= 15 is 0 Å². The SMILES string of the molecule is C=CCCCOC1CCC(CCC2CCC(C3C=CC(c4ccc(OCC)c(F)c4F)CC3)CC2)CC1. The Hall–Kier alpha value is -1.68. The third kappa shape index (κ3) is 7.91. The Bertz CT molecular complexity index is 865. The third-order valence-corrected chi connectivity index (χ3v) is 9.36. The van der Waals surface area contributed by atoms with Gasteiger partial charge in [-0.05, 0) is 106 Å². The molecule has 0 amide bonds. The maximum Gasteiger partial charge on any atom is 0.200 e. The predicted molar refractivity (Wildman–Crippen MR) is 148 cm³/mol. The summed E-state index contributed by atoms with van der Waals surface area (Å²) in [6.07, 6.45) is 24.4. The van der Waals surface area contributed by atoms with Crippen molar-refractivity contribution >= 4 is 0 Å². The van der Waals surface area contributed by atoms with Gasteiger partial charge in [-0.3, -0.25) is 0 Å². The van der Waals surface area contributed by atoms with Crippen LogP contribution in [0.3, 0.4) is 0 Å². The van der Waals surface area contributed by atoms with Gasteiger partial charge in [-0.15, -0.1) is 6.58 Å². The van der Waals surface area contributed by atoms with Gasteiger partial charge >= 0.3 is 0 Å². The fourth-order valence-electron chi connectivity index (χ4n) is 7.03. The maximum absolute atomic E-state index is 14.7. The van der Waals surface area contributed by atoms with Crippen molar-refractivity contribution in [3.05, 3.63) is 54.1 Å². The van der Waals surface area contributed by atoms with Gasteiger partial charge in [-0.25, -0.2) is 4.39 Å². The lowest BCUT2D eigenvalue weighted by Gasteiger charge is -2.36. The minimum atomic E-state index is -0.853. The number of allylic oxidation sites excluding steroid dienone is 3. The first-order chi connectivity index (χ1) is 18.1. The Morgan fingerprint density at radius 2 is 1.57 bits per heavy atom. The molecule has 2 unspecified atom stereocenters. The van der Waals surface area contributed by atoms with Crippen LogP contribution in [0.15, 0.2) is 36.9 Å². The molecule has 206 valence electrons. The summed E-state index contributed by atoms with van der Waals surface area (Å²) in [6.45, 7) is 6.78. The van der Waals surface area contributed by atoms with Crippen molar-refractivity contribution in [1.29, 1.82) is 0 Å². The van der Waals surface area contributed by atoms with E-state index in [9.17, 15) is 8.78 Å². The highest BCUT2D eigenvalue weighted by Gasteiger charge is 2.30. The number of unbranched alkanes of at least 4 members (excludes halogenated alkanes) is 1. The van der Waals surface area contributed by atoms with E-state index in [0.29, 0.717) is 24.2 Å². The number of hydrogen-bond acceptors (Lipinski definition) is 2. The number of halogens is 2. The zero-order valence-corrected chi connectivity index (χ0v) is 22.9. The van der Waals surface area contributed by atoms with E-state index < -0.39 is 11.6 Å². The van der Waals surface area contributed by atoms with Gasteiger partial charge in [-0.2, -0.15) is 4.39 Å². The van der Waals surface area contributed by atoms with E-state index in [1.807, 2.05) is 6.08 Å².